The van der Waals surface area contributed by atoms with Crippen LogP contribution in [0.2, 0.25) is 5.02 Å². The number of primary amides is 1. The molecule has 2 aromatic carbocycles. The summed E-state index contributed by atoms with van der Waals surface area (Å²) >= 11 is 5.91. The summed E-state index contributed by atoms with van der Waals surface area (Å²) in [7, 11) is 0. The average Bonchev–Trinajstić information content (AvgIpc) is 2.96. The van der Waals surface area contributed by atoms with Gasteiger partial charge in [-0.3, -0.25) is 9.59 Å². The van der Waals surface area contributed by atoms with E-state index in [1.807, 2.05) is 30.3 Å². The lowest BCUT2D eigenvalue weighted by Crippen LogP contribution is -2.17. The minimum absolute atomic E-state index is 0.00491. The summed E-state index contributed by atoms with van der Waals surface area (Å²) in [5, 5.41) is 13.4. The molecule has 0 aliphatic rings. The number of rotatable bonds is 5. The van der Waals surface area contributed by atoms with Crippen molar-refractivity contribution in [2.45, 2.75) is 6.54 Å². The quantitative estimate of drug-likeness (QED) is 0.526. The number of fused-ring (bicyclic) bond motifs is 1. The fraction of sp³-hybridized carbons (Fsp3) is 0.0500. The number of hydrogen-bond donors (Lipinski definition) is 2. The van der Waals surface area contributed by atoms with Crippen molar-refractivity contribution in [3.05, 3.63) is 70.9 Å². The van der Waals surface area contributed by atoms with Crippen LogP contribution in [0, 0.1) is 11.3 Å². The van der Waals surface area contributed by atoms with E-state index in [2.05, 4.69) is 5.32 Å². The number of aromatic nitrogens is 1. The molecular weight excluding hydrogens is 364 g/mol. The van der Waals surface area contributed by atoms with Crippen LogP contribution in [0.15, 0.2) is 60.3 Å². The van der Waals surface area contributed by atoms with Gasteiger partial charge < -0.3 is 15.6 Å². The Kier molecular flexibility index (Phi) is 5.25. The molecule has 0 aliphatic heterocycles. The molecule has 2 amide bonds. The van der Waals surface area contributed by atoms with Crippen LogP contribution in [0.25, 0.3) is 17.0 Å². The Labute approximate surface area is 160 Å². The summed E-state index contributed by atoms with van der Waals surface area (Å²) in [5.74, 6) is -1.03. The second-order valence-corrected chi connectivity index (χ2v) is 6.27. The smallest absolute Gasteiger partial charge is 0.266 e. The van der Waals surface area contributed by atoms with Crippen molar-refractivity contribution in [1.29, 1.82) is 5.26 Å². The molecule has 0 atom stereocenters. The summed E-state index contributed by atoms with van der Waals surface area (Å²) in [6.07, 6.45) is 3.18. The molecule has 0 saturated carbocycles. The molecule has 3 aromatic rings. The molecule has 0 aliphatic carbocycles. The van der Waals surface area contributed by atoms with Crippen LogP contribution in [0.1, 0.15) is 5.56 Å². The standard InChI is InChI=1S/C20H15ClN4O2/c21-15-4-3-5-16(9-15)24-20(27)13(10-22)8-14-11-25(12-19(23)26)18-7-2-1-6-17(14)18/h1-9,11H,12H2,(H2,23,26)(H,24,27). The van der Waals surface area contributed by atoms with E-state index < -0.39 is 11.8 Å². The zero-order valence-electron chi connectivity index (χ0n) is 14.1. The molecule has 0 radical (unpaired) electrons. The minimum atomic E-state index is -0.550. The number of nitrogens with one attached hydrogen (secondary N) is 1. The third-order valence-corrected chi connectivity index (χ3v) is 4.13. The molecule has 0 bridgehead atoms. The van der Waals surface area contributed by atoms with E-state index in [0.29, 0.717) is 16.3 Å². The van der Waals surface area contributed by atoms with Gasteiger partial charge in [0.1, 0.15) is 18.2 Å². The van der Waals surface area contributed by atoms with Crippen molar-refractivity contribution < 1.29 is 9.59 Å². The maximum Gasteiger partial charge on any atom is 0.266 e. The van der Waals surface area contributed by atoms with E-state index in [0.717, 1.165) is 10.9 Å². The monoisotopic (exact) mass is 378 g/mol. The number of anilines is 1. The Morgan fingerprint density at radius 1 is 1.22 bits per heavy atom. The minimum Gasteiger partial charge on any atom is -0.368 e. The van der Waals surface area contributed by atoms with E-state index in [1.165, 1.54) is 6.08 Å². The maximum absolute atomic E-state index is 12.5. The molecule has 6 nitrogen and oxygen atoms in total. The first-order chi connectivity index (χ1) is 13.0. The van der Waals surface area contributed by atoms with Gasteiger partial charge in [0.05, 0.1) is 0 Å². The third kappa shape index (κ3) is 4.17. The van der Waals surface area contributed by atoms with Crippen LogP contribution < -0.4 is 11.1 Å². The van der Waals surface area contributed by atoms with Crippen LogP contribution in [-0.4, -0.2) is 16.4 Å². The van der Waals surface area contributed by atoms with E-state index in [9.17, 15) is 14.9 Å². The van der Waals surface area contributed by atoms with Gasteiger partial charge in [-0.05, 0) is 30.3 Å². The number of hydrogen-bond acceptors (Lipinski definition) is 3. The van der Waals surface area contributed by atoms with Crippen LogP contribution >= 0.6 is 11.6 Å². The van der Waals surface area contributed by atoms with Gasteiger partial charge in [-0.1, -0.05) is 35.9 Å². The van der Waals surface area contributed by atoms with E-state index in [1.54, 1.807) is 35.0 Å². The lowest BCUT2D eigenvalue weighted by molar-refractivity contribution is -0.118. The zero-order valence-corrected chi connectivity index (χ0v) is 14.9. The summed E-state index contributed by atoms with van der Waals surface area (Å²) in [4.78, 5) is 23.8. The molecule has 1 aromatic heterocycles. The molecule has 0 unspecified atom stereocenters. The largest absolute Gasteiger partial charge is 0.368 e. The first kappa shape index (κ1) is 18.2. The first-order valence-corrected chi connectivity index (χ1v) is 8.40. The normalized spacial score (nSPS) is 11.2. The van der Waals surface area contributed by atoms with Crippen LogP contribution in [-0.2, 0) is 16.1 Å². The second kappa shape index (κ2) is 7.77. The molecule has 1 heterocycles. The highest BCUT2D eigenvalue weighted by molar-refractivity contribution is 6.31. The summed E-state index contributed by atoms with van der Waals surface area (Å²) in [5.41, 5.74) is 7.14. The Morgan fingerprint density at radius 2 is 2.00 bits per heavy atom. The fourth-order valence-corrected chi connectivity index (χ4v) is 2.95. The Hall–Kier alpha value is -3.56. The SMILES string of the molecule is N#CC(=Cc1cn(CC(N)=O)c2ccccc12)C(=O)Nc1cccc(Cl)c1. The number of carbonyl (C=O) groups excluding carboxylic acids is 2. The average molecular weight is 379 g/mol. The highest BCUT2D eigenvalue weighted by atomic mass is 35.5. The second-order valence-electron chi connectivity index (χ2n) is 5.83. The van der Waals surface area contributed by atoms with E-state index in [-0.39, 0.29) is 12.1 Å². The summed E-state index contributed by atoms with van der Waals surface area (Å²) in [6, 6.07) is 15.9. The molecule has 27 heavy (non-hydrogen) atoms. The first-order valence-electron chi connectivity index (χ1n) is 8.03. The Morgan fingerprint density at radius 3 is 2.70 bits per heavy atom. The van der Waals surface area contributed by atoms with Gasteiger partial charge in [0, 0.05) is 33.4 Å². The Bertz CT molecular complexity index is 1110. The van der Waals surface area contributed by atoms with Gasteiger partial charge in [-0.25, -0.2) is 0 Å². The van der Waals surface area contributed by atoms with Crippen molar-refractivity contribution >= 4 is 46.1 Å². The Balaban J connectivity index is 1.97. The highest BCUT2D eigenvalue weighted by Gasteiger charge is 2.13. The number of nitrogens with zero attached hydrogens (tertiary/aromatic N) is 2. The molecule has 3 rings (SSSR count). The van der Waals surface area contributed by atoms with Gasteiger partial charge in [-0.2, -0.15) is 5.26 Å². The summed E-state index contributed by atoms with van der Waals surface area (Å²) in [6.45, 7) is 0.00491. The number of nitriles is 1. The van der Waals surface area contributed by atoms with Crippen LogP contribution in [0.3, 0.4) is 0 Å². The van der Waals surface area contributed by atoms with Gasteiger partial charge in [0.25, 0.3) is 5.91 Å². The molecule has 7 heteroatoms. The molecule has 3 N–H and O–H groups in total. The van der Waals surface area contributed by atoms with Gasteiger partial charge in [0.15, 0.2) is 0 Å². The predicted octanol–water partition coefficient (Wildman–Crippen LogP) is 3.33. The van der Waals surface area contributed by atoms with Crippen molar-refractivity contribution in [3.63, 3.8) is 0 Å². The van der Waals surface area contributed by atoms with Gasteiger partial charge >= 0.3 is 0 Å². The topological polar surface area (TPSA) is 101 Å². The summed E-state index contributed by atoms with van der Waals surface area (Å²) < 4.78 is 1.69. The van der Waals surface area contributed by atoms with Gasteiger partial charge in [-0.15, -0.1) is 0 Å². The van der Waals surface area contributed by atoms with Gasteiger partial charge in [0.2, 0.25) is 5.91 Å². The van der Waals surface area contributed by atoms with Crippen molar-refractivity contribution in [1.82, 2.24) is 4.57 Å². The number of nitrogens with two attached hydrogens (primary N) is 1. The lowest BCUT2D eigenvalue weighted by Gasteiger charge is -2.04. The number of amides is 2. The molecule has 0 saturated heterocycles. The molecule has 134 valence electrons. The predicted molar refractivity (Wildman–Crippen MR) is 105 cm³/mol. The molecular formula is C20H15ClN4O2. The van der Waals surface area contributed by atoms with Crippen LogP contribution in [0.4, 0.5) is 5.69 Å². The number of benzene rings is 2. The third-order valence-electron chi connectivity index (χ3n) is 3.89. The maximum atomic E-state index is 12.5. The van der Waals surface area contributed by atoms with Crippen LogP contribution in [0.5, 0.6) is 0 Å². The lowest BCUT2D eigenvalue weighted by atomic mass is 10.1. The fourth-order valence-electron chi connectivity index (χ4n) is 2.76. The number of para-hydroxylation sites is 1. The molecule has 0 fully saturated rings. The number of halogens is 1. The highest BCUT2D eigenvalue weighted by Crippen LogP contribution is 2.24. The van der Waals surface area contributed by atoms with E-state index >= 15 is 0 Å². The zero-order chi connectivity index (χ0) is 19.4. The van der Waals surface area contributed by atoms with E-state index in [4.69, 9.17) is 17.3 Å². The van der Waals surface area contributed by atoms with Crippen molar-refractivity contribution in [3.8, 4) is 6.07 Å². The molecule has 0 spiro atoms. The van der Waals surface area contributed by atoms with Crippen molar-refractivity contribution in [2.75, 3.05) is 5.32 Å². The van der Waals surface area contributed by atoms with Crippen molar-refractivity contribution in [2.24, 2.45) is 5.73 Å². The number of carbonyl (C=O) groups is 2.